The van der Waals surface area contributed by atoms with Crippen LogP contribution in [0.2, 0.25) is 0 Å². The monoisotopic (exact) mass is 212 g/mol. The van der Waals surface area contributed by atoms with Gasteiger partial charge in [0.05, 0.1) is 6.10 Å². The van der Waals surface area contributed by atoms with Gasteiger partial charge in [-0.15, -0.1) is 0 Å². The minimum Gasteiger partial charge on any atom is -0.378 e. The van der Waals surface area contributed by atoms with Gasteiger partial charge in [-0.3, -0.25) is 0 Å². The standard InChI is InChI=1S/C12H24N2O/c1-9-3-5-14-12(9)8-13-7-11-4-6-15-10(11)2/h9-14H,3-8H2,1-2H3. The van der Waals surface area contributed by atoms with Gasteiger partial charge in [0.2, 0.25) is 0 Å². The molecule has 2 rings (SSSR count). The maximum atomic E-state index is 5.55. The highest BCUT2D eigenvalue weighted by molar-refractivity contribution is 4.83. The molecule has 0 radical (unpaired) electrons. The topological polar surface area (TPSA) is 33.3 Å². The maximum Gasteiger partial charge on any atom is 0.0588 e. The number of hydrogen-bond donors (Lipinski definition) is 2. The predicted octanol–water partition coefficient (Wildman–Crippen LogP) is 0.999. The van der Waals surface area contributed by atoms with Gasteiger partial charge in [0, 0.05) is 25.7 Å². The fourth-order valence-electron chi connectivity index (χ4n) is 2.64. The van der Waals surface area contributed by atoms with Crippen molar-refractivity contribution in [3.05, 3.63) is 0 Å². The minimum absolute atomic E-state index is 0.450. The van der Waals surface area contributed by atoms with E-state index >= 15 is 0 Å². The Balaban J connectivity index is 1.62. The summed E-state index contributed by atoms with van der Waals surface area (Å²) >= 11 is 0. The Hall–Kier alpha value is -0.120. The Morgan fingerprint density at radius 1 is 1.27 bits per heavy atom. The van der Waals surface area contributed by atoms with Crippen molar-refractivity contribution >= 4 is 0 Å². The quantitative estimate of drug-likeness (QED) is 0.729. The highest BCUT2D eigenvalue weighted by Gasteiger charge is 2.25. The van der Waals surface area contributed by atoms with Crippen LogP contribution < -0.4 is 10.6 Å². The lowest BCUT2D eigenvalue weighted by Gasteiger charge is -2.19. The molecule has 0 aliphatic carbocycles. The lowest BCUT2D eigenvalue weighted by Crippen LogP contribution is -2.39. The number of rotatable bonds is 4. The van der Waals surface area contributed by atoms with Gasteiger partial charge in [-0.05, 0) is 38.1 Å². The van der Waals surface area contributed by atoms with Gasteiger partial charge in [-0.2, -0.15) is 0 Å². The molecule has 88 valence electrons. The van der Waals surface area contributed by atoms with Crippen LogP contribution in [0.1, 0.15) is 26.7 Å². The van der Waals surface area contributed by atoms with Crippen molar-refractivity contribution in [1.29, 1.82) is 0 Å². The zero-order valence-electron chi connectivity index (χ0n) is 9.96. The van der Waals surface area contributed by atoms with Crippen molar-refractivity contribution in [1.82, 2.24) is 10.6 Å². The second kappa shape index (κ2) is 5.28. The summed E-state index contributed by atoms with van der Waals surface area (Å²) in [6.07, 6.45) is 3.00. The third-order valence-electron chi connectivity index (χ3n) is 4.00. The Morgan fingerprint density at radius 2 is 2.13 bits per heavy atom. The first-order chi connectivity index (χ1) is 7.27. The lowest BCUT2D eigenvalue weighted by molar-refractivity contribution is 0.105. The van der Waals surface area contributed by atoms with Crippen LogP contribution in [-0.2, 0) is 4.74 Å². The number of ether oxygens (including phenoxy) is 1. The molecule has 2 N–H and O–H groups in total. The fourth-order valence-corrected chi connectivity index (χ4v) is 2.64. The molecule has 0 aromatic heterocycles. The van der Waals surface area contributed by atoms with Crippen LogP contribution in [0, 0.1) is 11.8 Å². The summed E-state index contributed by atoms with van der Waals surface area (Å²) in [6.45, 7) is 8.90. The van der Waals surface area contributed by atoms with Crippen molar-refractivity contribution in [3.8, 4) is 0 Å². The minimum atomic E-state index is 0.450. The average Bonchev–Trinajstić information content (AvgIpc) is 2.78. The molecule has 2 saturated heterocycles. The largest absolute Gasteiger partial charge is 0.378 e. The molecular weight excluding hydrogens is 188 g/mol. The van der Waals surface area contributed by atoms with Crippen LogP contribution in [0.15, 0.2) is 0 Å². The molecule has 2 heterocycles. The van der Waals surface area contributed by atoms with Crippen molar-refractivity contribution < 1.29 is 4.74 Å². The molecule has 15 heavy (non-hydrogen) atoms. The summed E-state index contributed by atoms with van der Waals surface area (Å²) in [5.41, 5.74) is 0. The lowest BCUT2D eigenvalue weighted by atomic mass is 10.0. The van der Waals surface area contributed by atoms with E-state index in [-0.39, 0.29) is 0 Å². The van der Waals surface area contributed by atoms with Crippen LogP contribution in [0.4, 0.5) is 0 Å². The van der Waals surface area contributed by atoms with Crippen molar-refractivity contribution in [2.45, 2.75) is 38.8 Å². The van der Waals surface area contributed by atoms with Crippen molar-refractivity contribution in [2.24, 2.45) is 11.8 Å². The number of hydrogen-bond acceptors (Lipinski definition) is 3. The number of nitrogens with one attached hydrogen (secondary N) is 2. The Morgan fingerprint density at radius 3 is 2.73 bits per heavy atom. The second-order valence-electron chi connectivity index (χ2n) is 5.11. The third kappa shape index (κ3) is 2.92. The van der Waals surface area contributed by atoms with Crippen LogP contribution in [0.25, 0.3) is 0 Å². The first kappa shape index (κ1) is 11.4. The summed E-state index contributed by atoms with van der Waals surface area (Å²) in [7, 11) is 0. The molecule has 0 amide bonds. The Kier molecular flexibility index (Phi) is 4.00. The molecule has 2 aliphatic heterocycles. The third-order valence-corrected chi connectivity index (χ3v) is 4.00. The zero-order valence-corrected chi connectivity index (χ0v) is 9.96. The van der Waals surface area contributed by atoms with E-state index in [9.17, 15) is 0 Å². The molecule has 4 atom stereocenters. The molecule has 0 aromatic rings. The van der Waals surface area contributed by atoms with E-state index in [2.05, 4.69) is 24.5 Å². The van der Waals surface area contributed by atoms with Crippen LogP contribution in [0.3, 0.4) is 0 Å². The summed E-state index contributed by atoms with van der Waals surface area (Å²) in [5, 5.41) is 7.14. The van der Waals surface area contributed by atoms with Crippen molar-refractivity contribution in [2.75, 3.05) is 26.2 Å². The molecule has 0 saturated carbocycles. The first-order valence-corrected chi connectivity index (χ1v) is 6.33. The second-order valence-corrected chi connectivity index (χ2v) is 5.11. The van der Waals surface area contributed by atoms with Gasteiger partial charge in [-0.25, -0.2) is 0 Å². The van der Waals surface area contributed by atoms with Crippen LogP contribution >= 0.6 is 0 Å². The van der Waals surface area contributed by atoms with E-state index in [0.717, 1.165) is 31.5 Å². The van der Waals surface area contributed by atoms with E-state index in [4.69, 9.17) is 4.74 Å². The summed E-state index contributed by atoms with van der Waals surface area (Å²) in [4.78, 5) is 0. The molecule has 3 heteroatoms. The normalized spacial score (nSPS) is 41.2. The van der Waals surface area contributed by atoms with Gasteiger partial charge in [0.15, 0.2) is 0 Å². The molecule has 0 bridgehead atoms. The molecule has 0 aromatic carbocycles. The molecule has 3 nitrogen and oxygen atoms in total. The fraction of sp³-hybridized carbons (Fsp3) is 1.00. The van der Waals surface area contributed by atoms with E-state index < -0.39 is 0 Å². The van der Waals surface area contributed by atoms with E-state index in [1.165, 1.54) is 19.4 Å². The zero-order chi connectivity index (χ0) is 10.7. The highest BCUT2D eigenvalue weighted by Crippen LogP contribution is 2.19. The predicted molar refractivity (Wildman–Crippen MR) is 62.0 cm³/mol. The summed E-state index contributed by atoms with van der Waals surface area (Å²) < 4.78 is 5.55. The van der Waals surface area contributed by atoms with Gasteiger partial charge in [-0.1, -0.05) is 6.92 Å². The van der Waals surface area contributed by atoms with Crippen LogP contribution in [0.5, 0.6) is 0 Å². The van der Waals surface area contributed by atoms with E-state index in [1.807, 2.05) is 0 Å². The maximum absolute atomic E-state index is 5.55. The molecule has 2 aliphatic rings. The smallest absolute Gasteiger partial charge is 0.0588 e. The van der Waals surface area contributed by atoms with Gasteiger partial charge in [0.25, 0.3) is 0 Å². The SMILES string of the molecule is CC1CCNC1CNCC1CCOC1C. The van der Waals surface area contributed by atoms with Gasteiger partial charge in [0.1, 0.15) is 0 Å². The van der Waals surface area contributed by atoms with E-state index in [1.54, 1.807) is 0 Å². The molecule has 4 unspecified atom stereocenters. The average molecular weight is 212 g/mol. The van der Waals surface area contributed by atoms with Gasteiger partial charge >= 0.3 is 0 Å². The Labute approximate surface area is 93.0 Å². The first-order valence-electron chi connectivity index (χ1n) is 6.33. The van der Waals surface area contributed by atoms with Gasteiger partial charge < -0.3 is 15.4 Å². The van der Waals surface area contributed by atoms with Crippen molar-refractivity contribution in [3.63, 3.8) is 0 Å². The van der Waals surface area contributed by atoms with E-state index in [0.29, 0.717) is 12.1 Å². The molecular formula is C12H24N2O. The summed E-state index contributed by atoms with van der Waals surface area (Å²) in [6, 6.07) is 0.683. The molecule has 0 spiro atoms. The Bertz CT molecular complexity index is 178. The van der Waals surface area contributed by atoms with Crippen LogP contribution in [-0.4, -0.2) is 38.4 Å². The molecule has 2 fully saturated rings. The summed E-state index contributed by atoms with van der Waals surface area (Å²) in [5.74, 6) is 1.55. The highest BCUT2D eigenvalue weighted by atomic mass is 16.5.